The fourth-order valence-electron chi connectivity index (χ4n) is 2.76. The lowest BCUT2D eigenvalue weighted by molar-refractivity contribution is 0.177. The number of rotatable bonds is 3. The molecule has 0 amide bonds. The molecule has 4 heteroatoms. The second-order valence-electron chi connectivity index (χ2n) is 5.41. The highest BCUT2D eigenvalue weighted by Crippen LogP contribution is 2.20. The number of nitrogens with zero attached hydrogens (tertiary/aromatic N) is 2. The van der Waals surface area contributed by atoms with Gasteiger partial charge < -0.3 is 10.0 Å². The lowest BCUT2D eigenvalue weighted by atomic mass is 10.2. The van der Waals surface area contributed by atoms with E-state index in [4.69, 9.17) is 5.11 Å². The monoisotopic (exact) mass is 292 g/mol. The molecule has 0 bridgehead atoms. The van der Waals surface area contributed by atoms with Crippen LogP contribution in [0.1, 0.15) is 30.2 Å². The molecule has 1 saturated heterocycles. The molecular weight excluding hydrogens is 268 g/mol. The zero-order chi connectivity index (χ0) is 14.4. The van der Waals surface area contributed by atoms with Crippen LogP contribution >= 0.6 is 11.3 Å². The van der Waals surface area contributed by atoms with Crippen LogP contribution in [0.2, 0.25) is 0 Å². The van der Waals surface area contributed by atoms with Crippen LogP contribution in [0.3, 0.4) is 0 Å². The van der Waals surface area contributed by atoms with Gasteiger partial charge in [-0.15, -0.1) is 11.3 Å². The molecular formula is C16H24N2OS. The molecule has 1 unspecified atom stereocenters. The van der Waals surface area contributed by atoms with Crippen molar-refractivity contribution in [3.8, 4) is 11.8 Å². The molecule has 20 heavy (non-hydrogen) atoms. The van der Waals surface area contributed by atoms with Crippen LogP contribution in [0.15, 0.2) is 11.4 Å². The van der Waals surface area contributed by atoms with Crippen LogP contribution in [0.4, 0.5) is 0 Å². The maximum absolute atomic E-state index is 8.74. The molecule has 2 heterocycles. The average molecular weight is 292 g/mol. The number of hydrogen-bond donors (Lipinski definition) is 1. The van der Waals surface area contributed by atoms with E-state index in [2.05, 4.69) is 47.1 Å². The molecule has 2 rings (SSSR count). The van der Waals surface area contributed by atoms with Gasteiger partial charge in [-0.05, 0) is 32.5 Å². The van der Waals surface area contributed by atoms with Gasteiger partial charge >= 0.3 is 0 Å². The van der Waals surface area contributed by atoms with Gasteiger partial charge in [0.1, 0.15) is 6.61 Å². The standard InChI is InChI=1S/C16H24N2OS/c1-3-15-11-17(2)7-5-8-18(15)12-16-10-14(13-20-16)6-4-9-19/h10,13,15,19H,3,5,7-9,11-12H2,1-2H3. The Bertz CT molecular complexity index is 474. The molecule has 110 valence electrons. The first-order valence-electron chi connectivity index (χ1n) is 7.32. The summed E-state index contributed by atoms with van der Waals surface area (Å²) < 4.78 is 0. The average Bonchev–Trinajstić information content (AvgIpc) is 2.81. The zero-order valence-corrected chi connectivity index (χ0v) is 13.2. The molecule has 0 aliphatic carbocycles. The summed E-state index contributed by atoms with van der Waals surface area (Å²) in [6, 6.07) is 2.81. The van der Waals surface area contributed by atoms with Gasteiger partial charge in [0.05, 0.1) is 0 Å². The van der Waals surface area contributed by atoms with E-state index in [9.17, 15) is 0 Å². The van der Waals surface area contributed by atoms with Crippen LogP contribution in [-0.2, 0) is 6.54 Å². The highest BCUT2D eigenvalue weighted by atomic mass is 32.1. The minimum atomic E-state index is -0.0679. The van der Waals surface area contributed by atoms with Crippen molar-refractivity contribution in [3.05, 3.63) is 21.9 Å². The Labute approximate surface area is 126 Å². The van der Waals surface area contributed by atoms with E-state index in [1.807, 2.05) is 0 Å². The number of likely N-dealkylation sites (N-methyl/N-ethyl adjacent to an activating group) is 1. The summed E-state index contributed by atoms with van der Waals surface area (Å²) in [5.41, 5.74) is 1.03. The SMILES string of the molecule is CCC1CN(C)CCCN1Cc1cc(C#CCO)cs1. The Morgan fingerprint density at radius 2 is 2.30 bits per heavy atom. The Morgan fingerprint density at radius 3 is 3.05 bits per heavy atom. The summed E-state index contributed by atoms with van der Waals surface area (Å²) >= 11 is 1.77. The van der Waals surface area contributed by atoms with E-state index < -0.39 is 0 Å². The smallest absolute Gasteiger partial charge is 0.104 e. The van der Waals surface area contributed by atoms with Gasteiger partial charge in [-0.1, -0.05) is 18.8 Å². The molecule has 0 radical (unpaired) electrons. The minimum Gasteiger partial charge on any atom is -0.384 e. The molecule has 1 aromatic heterocycles. The molecule has 0 aromatic carbocycles. The normalized spacial score (nSPS) is 21.2. The third-order valence-corrected chi connectivity index (χ3v) is 4.74. The van der Waals surface area contributed by atoms with Gasteiger partial charge in [0.15, 0.2) is 0 Å². The van der Waals surface area contributed by atoms with Crippen molar-refractivity contribution in [1.82, 2.24) is 9.80 Å². The van der Waals surface area contributed by atoms with E-state index in [1.165, 1.54) is 37.4 Å². The van der Waals surface area contributed by atoms with Crippen LogP contribution in [0.25, 0.3) is 0 Å². The topological polar surface area (TPSA) is 26.7 Å². The molecule has 1 aliphatic heterocycles. The number of hydrogen-bond acceptors (Lipinski definition) is 4. The van der Waals surface area contributed by atoms with Gasteiger partial charge in [0.2, 0.25) is 0 Å². The predicted molar refractivity (Wildman–Crippen MR) is 84.9 cm³/mol. The molecule has 0 spiro atoms. The summed E-state index contributed by atoms with van der Waals surface area (Å²) in [7, 11) is 2.22. The first kappa shape index (κ1) is 15.5. The Hall–Kier alpha value is -0.860. The second-order valence-corrected chi connectivity index (χ2v) is 6.41. The predicted octanol–water partition coefficient (Wildman–Crippen LogP) is 2.01. The number of aliphatic hydroxyl groups is 1. The van der Waals surface area contributed by atoms with Crippen LogP contribution in [0, 0.1) is 11.8 Å². The largest absolute Gasteiger partial charge is 0.384 e. The summed E-state index contributed by atoms with van der Waals surface area (Å²) in [6.45, 7) is 6.78. The third-order valence-electron chi connectivity index (χ3n) is 3.82. The van der Waals surface area contributed by atoms with Gasteiger partial charge in [-0.2, -0.15) is 0 Å². The maximum Gasteiger partial charge on any atom is 0.104 e. The molecule has 1 aliphatic rings. The lowest BCUT2D eigenvalue weighted by Crippen LogP contribution is -2.39. The van der Waals surface area contributed by atoms with Gasteiger partial charge in [-0.25, -0.2) is 0 Å². The summed E-state index contributed by atoms with van der Waals surface area (Å²) in [6.07, 6.45) is 2.45. The summed E-state index contributed by atoms with van der Waals surface area (Å²) in [5, 5.41) is 10.8. The van der Waals surface area contributed by atoms with Crippen molar-refractivity contribution in [2.75, 3.05) is 33.3 Å². The van der Waals surface area contributed by atoms with E-state index in [-0.39, 0.29) is 6.61 Å². The van der Waals surface area contributed by atoms with Crippen molar-refractivity contribution in [2.45, 2.75) is 32.4 Å². The molecule has 3 nitrogen and oxygen atoms in total. The zero-order valence-electron chi connectivity index (χ0n) is 12.4. The highest BCUT2D eigenvalue weighted by Gasteiger charge is 2.22. The minimum absolute atomic E-state index is 0.0679. The Balaban J connectivity index is 2.01. The fraction of sp³-hybridized carbons (Fsp3) is 0.625. The number of aliphatic hydroxyl groups excluding tert-OH is 1. The summed E-state index contributed by atoms with van der Waals surface area (Å²) in [4.78, 5) is 6.43. The van der Waals surface area contributed by atoms with Crippen LogP contribution in [-0.4, -0.2) is 54.2 Å². The molecule has 1 aromatic rings. The Kier molecular flexibility index (Phi) is 6.06. The quantitative estimate of drug-likeness (QED) is 0.863. The maximum atomic E-state index is 8.74. The van der Waals surface area contributed by atoms with E-state index in [1.54, 1.807) is 11.3 Å². The highest BCUT2D eigenvalue weighted by molar-refractivity contribution is 7.10. The molecule has 1 fully saturated rings. The second kappa shape index (κ2) is 7.80. The van der Waals surface area contributed by atoms with Gasteiger partial charge in [0.25, 0.3) is 0 Å². The van der Waals surface area contributed by atoms with E-state index in [0.29, 0.717) is 6.04 Å². The number of thiophene rings is 1. The first-order valence-corrected chi connectivity index (χ1v) is 8.20. The van der Waals surface area contributed by atoms with Crippen molar-refractivity contribution in [1.29, 1.82) is 0 Å². The molecule has 0 saturated carbocycles. The van der Waals surface area contributed by atoms with E-state index in [0.717, 1.165) is 12.1 Å². The Morgan fingerprint density at radius 1 is 1.45 bits per heavy atom. The fourth-order valence-corrected chi connectivity index (χ4v) is 3.60. The third kappa shape index (κ3) is 4.32. The van der Waals surface area contributed by atoms with Crippen molar-refractivity contribution in [3.63, 3.8) is 0 Å². The molecule has 1 atom stereocenters. The molecule has 1 N–H and O–H groups in total. The first-order chi connectivity index (χ1) is 9.72. The van der Waals surface area contributed by atoms with Crippen LogP contribution in [0.5, 0.6) is 0 Å². The van der Waals surface area contributed by atoms with Crippen LogP contribution < -0.4 is 0 Å². The lowest BCUT2D eigenvalue weighted by Gasteiger charge is -2.29. The van der Waals surface area contributed by atoms with Crippen molar-refractivity contribution >= 4 is 11.3 Å². The van der Waals surface area contributed by atoms with Crippen molar-refractivity contribution in [2.24, 2.45) is 0 Å². The van der Waals surface area contributed by atoms with Gasteiger partial charge in [0, 0.05) is 41.5 Å². The van der Waals surface area contributed by atoms with Crippen molar-refractivity contribution < 1.29 is 5.11 Å². The summed E-state index contributed by atoms with van der Waals surface area (Å²) in [5.74, 6) is 5.69. The van der Waals surface area contributed by atoms with E-state index >= 15 is 0 Å². The van der Waals surface area contributed by atoms with Gasteiger partial charge in [-0.3, -0.25) is 4.90 Å².